The zero-order chi connectivity index (χ0) is 14.9. The van der Waals surface area contributed by atoms with Gasteiger partial charge in [-0.1, -0.05) is 18.2 Å². The van der Waals surface area contributed by atoms with E-state index in [1.807, 2.05) is 13.8 Å². The predicted octanol–water partition coefficient (Wildman–Crippen LogP) is 2.23. The van der Waals surface area contributed by atoms with Gasteiger partial charge < -0.3 is 5.32 Å². The van der Waals surface area contributed by atoms with Crippen molar-refractivity contribution in [2.75, 3.05) is 0 Å². The molecule has 1 aromatic rings. The molecule has 0 aromatic heterocycles. The van der Waals surface area contributed by atoms with Gasteiger partial charge in [-0.15, -0.1) is 0 Å². The number of hydrogen-bond acceptors (Lipinski definition) is 3. The molecule has 20 heavy (non-hydrogen) atoms. The second-order valence-electron chi connectivity index (χ2n) is 4.75. The van der Waals surface area contributed by atoms with Crippen molar-refractivity contribution < 1.29 is 18.0 Å². The lowest BCUT2D eigenvalue weighted by Crippen LogP contribution is -2.40. The molecule has 0 saturated heterocycles. The van der Waals surface area contributed by atoms with Gasteiger partial charge in [0, 0.05) is 6.04 Å². The largest absolute Gasteiger partial charge is 0.416 e. The minimum Gasteiger partial charge on any atom is -0.354 e. The van der Waals surface area contributed by atoms with Crippen molar-refractivity contribution >= 4 is 11.9 Å². The van der Waals surface area contributed by atoms with Crippen molar-refractivity contribution in [3.63, 3.8) is 0 Å². The maximum atomic E-state index is 12.9. The normalized spacial score (nSPS) is 19.0. The van der Waals surface area contributed by atoms with Gasteiger partial charge in [-0.25, -0.2) is 4.99 Å². The number of halogens is 3. The van der Waals surface area contributed by atoms with E-state index >= 15 is 0 Å². The number of hydrogen-bond donors (Lipinski definition) is 2. The van der Waals surface area contributed by atoms with Crippen molar-refractivity contribution in [3.05, 3.63) is 35.4 Å². The molecule has 1 aromatic carbocycles. The number of nitrogens with one attached hydrogen (secondary N) is 2. The Morgan fingerprint density at radius 3 is 2.55 bits per heavy atom. The number of benzene rings is 1. The molecule has 108 valence electrons. The SMILES string of the molecule is CC(C)NC1=NC(c2ccccc2C(F)(F)F)C(=O)N1. The van der Waals surface area contributed by atoms with Crippen LogP contribution in [0.15, 0.2) is 29.3 Å². The number of guanidine groups is 1. The molecule has 1 aliphatic rings. The molecule has 2 rings (SSSR count). The van der Waals surface area contributed by atoms with Crippen LogP contribution in [-0.2, 0) is 11.0 Å². The van der Waals surface area contributed by atoms with E-state index in [2.05, 4.69) is 15.6 Å². The Kier molecular flexibility index (Phi) is 3.69. The number of alkyl halides is 3. The summed E-state index contributed by atoms with van der Waals surface area (Å²) in [4.78, 5) is 15.8. The van der Waals surface area contributed by atoms with Crippen LogP contribution in [0.1, 0.15) is 31.0 Å². The summed E-state index contributed by atoms with van der Waals surface area (Å²) in [6.07, 6.45) is -4.51. The molecular weight excluding hydrogens is 271 g/mol. The average Bonchev–Trinajstić information content (AvgIpc) is 2.68. The third-order valence-corrected chi connectivity index (χ3v) is 2.73. The molecule has 1 atom stereocenters. The molecular formula is C13H14F3N3O. The van der Waals surface area contributed by atoms with Crippen LogP contribution in [0, 0.1) is 0 Å². The number of carbonyl (C=O) groups excluding carboxylic acids is 1. The van der Waals surface area contributed by atoms with Crippen LogP contribution in [0.3, 0.4) is 0 Å². The molecule has 1 amide bonds. The molecule has 1 aliphatic heterocycles. The van der Waals surface area contributed by atoms with Crippen LogP contribution < -0.4 is 10.6 Å². The summed E-state index contributed by atoms with van der Waals surface area (Å²) in [6.45, 7) is 3.68. The fourth-order valence-corrected chi connectivity index (χ4v) is 1.96. The predicted molar refractivity (Wildman–Crippen MR) is 68.0 cm³/mol. The Bertz CT molecular complexity index is 552. The van der Waals surface area contributed by atoms with Gasteiger partial charge in [-0.2, -0.15) is 13.2 Å². The number of carbonyl (C=O) groups is 1. The zero-order valence-corrected chi connectivity index (χ0v) is 11.0. The molecule has 0 saturated carbocycles. The van der Waals surface area contributed by atoms with Gasteiger partial charge in [0.15, 0.2) is 12.0 Å². The first-order chi connectivity index (χ1) is 9.29. The Balaban J connectivity index is 2.37. The van der Waals surface area contributed by atoms with E-state index in [1.165, 1.54) is 18.2 Å². The topological polar surface area (TPSA) is 53.5 Å². The standard InChI is InChI=1S/C13H14F3N3O/c1-7(2)17-12-18-10(11(20)19-12)8-5-3-4-6-9(8)13(14,15)16/h3-7,10H,1-2H3,(H2,17,18,19,20). The van der Waals surface area contributed by atoms with Crippen LogP contribution in [0.2, 0.25) is 0 Å². The molecule has 2 N–H and O–H groups in total. The fraction of sp³-hybridized carbons (Fsp3) is 0.385. The highest BCUT2D eigenvalue weighted by Crippen LogP contribution is 2.36. The summed E-state index contributed by atoms with van der Waals surface area (Å²) in [7, 11) is 0. The third-order valence-electron chi connectivity index (χ3n) is 2.73. The zero-order valence-electron chi connectivity index (χ0n) is 11.0. The molecule has 0 spiro atoms. The highest BCUT2D eigenvalue weighted by molar-refractivity contribution is 6.05. The van der Waals surface area contributed by atoms with Crippen molar-refractivity contribution in [1.82, 2.24) is 10.6 Å². The highest BCUT2D eigenvalue weighted by atomic mass is 19.4. The third kappa shape index (κ3) is 2.92. The number of rotatable bonds is 2. The molecule has 4 nitrogen and oxygen atoms in total. The van der Waals surface area contributed by atoms with Gasteiger partial charge in [0.1, 0.15) is 0 Å². The molecule has 1 unspecified atom stereocenters. The molecule has 0 aliphatic carbocycles. The molecule has 0 bridgehead atoms. The smallest absolute Gasteiger partial charge is 0.354 e. The molecule has 1 heterocycles. The lowest BCUT2D eigenvalue weighted by atomic mass is 10.0. The highest BCUT2D eigenvalue weighted by Gasteiger charge is 2.38. The van der Waals surface area contributed by atoms with Crippen molar-refractivity contribution in [2.45, 2.75) is 32.1 Å². The fourth-order valence-electron chi connectivity index (χ4n) is 1.96. The minimum absolute atomic E-state index is 0.0191. The summed E-state index contributed by atoms with van der Waals surface area (Å²) < 4.78 is 38.8. The van der Waals surface area contributed by atoms with Crippen LogP contribution in [0.4, 0.5) is 13.2 Å². The van der Waals surface area contributed by atoms with Crippen molar-refractivity contribution in [3.8, 4) is 0 Å². The van der Waals surface area contributed by atoms with Gasteiger partial charge in [0.25, 0.3) is 5.91 Å². The Morgan fingerprint density at radius 1 is 1.30 bits per heavy atom. The van der Waals surface area contributed by atoms with E-state index in [4.69, 9.17) is 0 Å². The van der Waals surface area contributed by atoms with Crippen molar-refractivity contribution in [2.24, 2.45) is 4.99 Å². The molecule has 0 radical (unpaired) electrons. The first-order valence-electron chi connectivity index (χ1n) is 6.10. The van der Waals surface area contributed by atoms with E-state index in [0.29, 0.717) is 0 Å². The Hall–Kier alpha value is -2.05. The van der Waals surface area contributed by atoms with E-state index in [1.54, 1.807) is 0 Å². The summed E-state index contributed by atoms with van der Waals surface area (Å²) in [6, 6.07) is 3.82. The van der Waals surface area contributed by atoms with E-state index in [9.17, 15) is 18.0 Å². The Morgan fingerprint density at radius 2 is 1.95 bits per heavy atom. The monoisotopic (exact) mass is 285 g/mol. The quantitative estimate of drug-likeness (QED) is 0.875. The number of amides is 1. The summed E-state index contributed by atoms with van der Waals surface area (Å²) in [5, 5.41) is 5.31. The van der Waals surface area contributed by atoms with Crippen LogP contribution in [0.5, 0.6) is 0 Å². The van der Waals surface area contributed by atoms with Crippen LogP contribution in [0.25, 0.3) is 0 Å². The lowest BCUT2D eigenvalue weighted by molar-refractivity contribution is -0.138. The van der Waals surface area contributed by atoms with Gasteiger partial charge in [0.05, 0.1) is 5.56 Å². The first kappa shape index (κ1) is 14.4. The first-order valence-corrected chi connectivity index (χ1v) is 6.10. The second-order valence-corrected chi connectivity index (χ2v) is 4.75. The van der Waals surface area contributed by atoms with Gasteiger partial charge in [0.2, 0.25) is 0 Å². The summed E-state index contributed by atoms with van der Waals surface area (Å²) in [5.74, 6) is -0.364. The number of aliphatic imine (C=N–C) groups is 1. The maximum absolute atomic E-state index is 12.9. The second kappa shape index (κ2) is 5.15. The summed E-state index contributed by atoms with van der Waals surface area (Å²) in [5.41, 5.74) is -0.979. The average molecular weight is 285 g/mol. The van der Waals surface area contributed by atoms with Crippen LogP contribution in [-0.4, -0.2) is 17.9 Å². The minimum atomic E-state index is -4.51. The van der Waals surface area contributed by atoms with E-state index < -0.39 is 23.7 Å². The molecule has 7 heteroatoms. The Labute approximate surface area is 114 Å². The number of nitrogens with zero attached hydrogens (tertiary/aromatic N) is 1. The van der Waals surface area contributed by atoms with Gasteiger partial charge >= 0.3 is 6.18 Å². The van der Waals surface area contributed by atoms with Gasteiger partial charge in [-0.3, -0.25) is 10.1 Å². The maximum Gasteiger partial charge on any atom is 0.416 e. The van der Waals surface area contributed by atoms with Crippen molar-refractivity contribution in [1.29, 1.82) is 0 Å². The van der Waals surface area contributed by atoms with E-state index in [0.717, 1.165) is 6.07 Å². The van der Waals surface area contributed by atoms with E-state index in [-0.39, 0.29) is 17.6 Å². The van der Waals surface area contributed by atoms with Crippen LogP contribution >= 0.6 is 0 Å². The summed E-state index contributed by atoms with van der Waals surface area (Å²) >= 11 is 0. The lowest BCUT2D eigenvalue weighted by Gasteiger charge is -2.14. The molecule has 0 fully saturated rings. The van der Waals surface area contributed by atoms with Gasteiger partial charge in [-0.05, 0) is 25.5 Å².